The lowest BCUT2D eigenvalue weighted by atomic mass is 9.67. The molecule has 0 radical (unpaired) electrons. The molecule has 10 rings (SSSR count). The number of rotatable bonds is 7. The maximum absolute atomic E-state index is 10.1. The molecule has 0 spiro atoms. The molecule has 1 aliphatic rings. The lowest BCUT2D eigenvalue weighted by molar-refractivity contribution is 0.768. The number of nitrogens with zero attached hydrogens (tertiary/aromatic N) is 4. The molecule has 9 aromatic rings. The van der Waals surface area contributed by atoms with Crippen LogP contribution in [0.15, 0.2) is 206 Å². The summed E-state index contributed by atoms with van der Waals surface area (Å²) in [7, 11) is 0. The van der Waals surface area contributed by atoms with E-state index in [9.17, 15) is 5.26 Å². The molecule has 266 valence electrons. The van der Waals surface area contributed by atoms with Crippen LogP contribution in [-0.2, 0) is 5.41 Å². The summed E-state index contributed by atoms with van der Waals surface area (Å²) in [5.41, 5.74) is 15.4. The molecule has 2 heterocycles. The molecule has 0 fully saturated rings. The Morgan fingerprint density at radius 1 is 0.386 bits per heavy atom. The lowest BCUT2D eigenvalue weighted by Gasteiger charge is -2.34. The topological polar surface area (TPSA) is 62.5 Å². The highest BCUT2D eigenvalue weighted by atomic mass is 14.9. The van der Waals surface area contributed by atoms with Gasteiger partial charge in [-0.3, -0.25) is 4.98 Å². The molecule has 7 aromatic carbocycles. The maximum Gasteiger partial charge on any atom is 0.160 e. The van der Waals surface area contributed by atoms with Crippen molar-refractivity contribution in [2.75, 3.05) is 0 Å². The third kappa shape index (κ3) is 5.90. The van der Waals surface area contributed by atoms with Gasteiger partial charge in [0.15, 0.2) is 5.82 Å². The molecule has 4 heteroatoms. The Morgan fingerprint density at radius 3 is 1.53 bits per heavy atom. The predicted molar refractivity (Wildman–Crippen MR) is 229 cm³/mol. The van der Waals surface area contributed by atoms with E-state index in [1.54, 1.807) is 0 Å². The molecular weight excluding hydrogens is 693 g/mol. The second-order valence-electron chi connectivity index (χ2n) is 14.3. The van der Waals surface area contributed by atoms with Gasteiger partial charge in [-0.25, -0.2) is 9.97 Å². The van der Waals surface area contributed by atoms with Crippen molar-refractivity contribution in [3.05, 3.63) is 234 Å². The Morgan fingerprint density at radius 2 is 0.912 bits per heavy atom. The van der Waals surface area contributed by atoms with E-state index in [1.807, 2.05) is 60.8 Å². The van der Waals surface area contributed by atoms with Crippen LogP contribution < -0.4 is 0 Å². The average Bonchev–Trinajstić information content (AvgIpc) is 3.59. The van der Waals surface area contributed by atoms with Gasteiger partial charge in [0.25, 0.3) is 0 Å². The van der Waals surface area contributed by atoms with Crippen molar-refractivity contribution in [1.29, 1.82) is 5.26 Å². The van der Waals surface area contributed by atoms with Gasteiger partial charge in [-0.1, -0.05) is 146 Å². The minimum atomic E-state index is -0.653. The zero-order valence-corrected chi connectivity index (χ0v) is 30.9. The first-order chi connectivity index (χ1) is 28.2. The number of fused-ring (bicyclic) bond motifs is 3. The normalized spacial score (nSPS) is 12.3. The fourth-order valence-corrected chi connectivity index (χ4v) is 8.43. The summed E-state index contributed by atoms with van der Waals surface area (Å²) in [5, 5.41) is 10.1. The van der Waals surface area contributed by atoms with Crippen LogP contribution in [0.3, 0.4) is 0 Å². The molecule has 57 heavy (non-hydrogen) atoms. The molecule has 0 bridgehead atoms. The van der Waals surface area contributed by atoms with Crippen LogP contribution in [0, 0.1) is 11.3 Å². The van der Waals surface area contributed by atoms with Gasteiger partial charge in [-0.05, 0) is 99.1 Å². The van der Waals surface area contributed by atoms with Crippen molar-refractivity contribution in [2.24, 2.45) is 0 Å². The zero-order valence-electron chi connectivity index (χ0n) is 30.9. The fourth-order valence-electron chi connectivity index (χ4n) is 8.43. The van der Waals surface area contributed by atoms with Gasteiger partial charge in [-0.15, -0.1) is 0 Å². The van der Waals surface area contributed by atoms with E-state index in [0.29, 0.717) is 11.4 Å². The number of hydrogen-bond donors (Lipinski definition) is 0. The molecule has 0 amide bonds. The Bertz CT molecular complexity index is 2840. The van der Waals surface area contributed by atoms with Crippen molar-refractivity contribution >= 4 is 0 Å². The molecule has 0 N–H and O–H groups in total. The summed E-state index contributed by atoms with van der Waals surface area (Å²) < 4.78 is 0. The van der Waals surface area contributed by atoms with Gasteiger partial charge in [0, 0.05) is 28.5 Å². The van der Waals surface area contributed by atoms with Crippen molar-refractivity contribution in [1.82, 2.24) is 15.0 Å². The smallest absolute Gasteiger partial charge is 0.160 e. The molecule has 2 aromatic heterocycles. The van der Waals surface area contributed by atoms with Crippen LogP contribution in [0.25, 0.3) is 67.4 Å². The van der Waals surface area contributed by atoms with E-state index in [4.69, 9.17) is 15.0 Å². The zero-order chi connectivity index (χ0) is 38.2. The van der Waals surface area contributed by atoms with Gasteiger partial charge < -0.3 is 0 Å². The van der Waals surface area contributed by atoms with E-state index in [1.165, 1.54) is 5.56 Å². The Kier molecular flexibility index (Phi) is 8.39. The summed E-state index contributed by atoms with van der Waals surface area (Å²) in [5.74, 6) is 0.666. The molecule has 0 saturated heterocycles. The van der Waals surface area contributed by atoms with Crippen molar-refractivity contribution in [3.8, 4) is 73.5 Å². The van der Waals surface area contributed by atoms with Crippen molar-refractivity contribution < 1.29 is 0 Å². The number of benzene rings is 7. The van der Waals surface area contributed by atoms with E-state index < -0.39 is 5.41 Å². The standard InChI is InChI=1S/C53H34N4/c54-35-36-24-26-45-46-27-25-39(33-48(46)53(47(45)29-36,43-19-9-3-10-20-43)44-21-11-4-12-22-44)40-30-41(49-23-13-14-28-55-49)32-42(31-40)51-34-50(37-15-5-1-6-16-37)56-52(57-51)38-17-7-2-8-18-38/h1-34H. The number of aromatic nitrogens is 3. The average molecular weight is 727 g/mol. The maximum atomic E-state index is 10.1. The summed E-state index contributed by atoms with van der Waals surface area (Å²) in [6, 6.07) is 71.9. The van der Waals surface area contributed by atoms with Gasteiger partial charge >= 0.3 is 0 Å². The minimum Gasteiger partial charge on any atom is -0.256 e. The highest BCUT2D eigenvalue weighted by molar-refractivity contribution is 5.90. The molecule has 0 unspecified atom stereocenters. The molecular formula is C53H34N4. The van der Waals surface area contributed by atoms with Gasteiger partial charge in [-0.2, -0.15) is 5.26 Å². The Hall–Kier alpha value is -7.74. The quantitative estimate of drug-likeness (QED) is 0.164. The lowest BCUT2D eigenvalue weighted by Crippen LogP contribution is -2.28. The van der Waals surface area contributed by atoms with Crippen LogP contribution >= 0.6 is 0 Å². The number of pyridine rings is 1. The van der Waals surface area contributed by atoms with E-state index in [0.717, 1.165) is 78.3 Å². The summed E-state index contributed by atoms with van der Waals surface area (Å²) in [6.07, 6.45) is 1.84. The van der Waals surface area contributed by atoms with E-state index in [2.05, 4.69) is 152 Å². The second-order valence-corrected chi connectivity index (χ2v) is 14.3. The van der Waals surface area contributed by atoms with Crippen LogP contribution in [0.4, 0.5) is 0 Å². The van der Waals surface area contributed by atoms with Gasteiger partial charge in [0.1, 0.15) is 0 Å². The summed E-state index contributed by atoms with van der Waals surface area (Å²) >= 11 is 0. The summed E-state index contributed by atoms with van der Waals surface area (Å²) in [4.78, 5) is 15.1. The highest BCUT2D eigenvalue weighted by Gasteiger charge is 2.46. The molecule has 0 saturated carbocycles. The summed E-state index contributed by atoms with van der Waals surface area (Å²) in [6.45, 7) is 0. The third-order valence-electron chi connectivity index (χ3n) is 11.0. The highest BCUT2D eigenvalue weighted by Crippen LogP contribution is 2.57. The molecule has 0 aliphatic heterocycles. The second kappa shape index (κ2) is 14.2. The van der Waals surface area contributed by atoms with Gasteiger partial charge in [0.2, 0.25) is 0 Å². The Balaban J connectivity index is 1.22. The Labute approximate surface area is 332 Å². The molecule has 0 atom stereocenters. The largest absolute Gasteiger partial charge is 0.256 e. The first-order valence-electron chi connectivity index (χ1n) is 19.1. The van der Waals surface area contributed by atoms with E-state index >= 15 is 0 Å². The molecule has 1 aliphatic carbocycles. The number of nitriles is 1. The van der Waals surface area contributed by atoms with Crippen LogP contribution in [0.5, 0.6) is 0 Å². The molecule has 4 nitrogen and oxygen atoms in total. The van der Waals surface area contributed by atoms with Crippen LogP contribution in [0.2, 0.25) is 0 Å². The first kappa shape index (κ1) is 33.8. The monoisotopic (exact) mass is 726 g/mol. The minimum absolute atomic E-state index is 0.639. The van der Waals surface area contributed by atoms with Gasteiger partial charge in [0.05, 0.1) is 34.1 Å². The number of hydrogen-bond acceptors (Lipinski definition) is 4. The SMILES string of the molecule is N#Cc1ccc2c(c1)C(c1ccccc1)(c1ccccc1)c1cc(-c3cc(-c4ccccn4)cc(-c4cc(-c5ccccc5)nc(-c5ccccc5)n4)c3)ccc1-2. The van der Waals surface area contributed by atoms with Crippen molar-refractivity contribution in [3.63, 3.8) is 0 Å². The first-order valence-corrected chi connectivity index (χ1v) is 19.1. The van der Waals surface area contributed by atoms with Crippen molar-refractivity contribution in [2.45, 2.75) is 5.41 Å². The fraction of sp³-hybridized carbons (Fsp3) is 0.0189. The van der Waals surface area contributed by atoms with E-state index in [-0.39, 0.29) is 0 Å². The van der Waals surface area contributed by atoms with Crippen LogP contribution in [-0.4, -0.2) is 15.0 Å². The third-order valence-corrected chi connectivity index (χ3v) is 11.0. The van der Waals surface area contributed by atoms with Crippen LogP contribution in [0.1, 0.15) is 27.8 Å². The predicted octanol–water partition coefficient (Wildman–Crippen LogP) is 12.4.